The number of Topliss-reactive ketones (excluding diaryl/α,β-unsaturated/α-hetero) is 1. The molecule has 10 heteroatoms. The first kappa shape index (κ1) is 16.8. The quantitative estimate of drug-likeness (QED) is 0.638. The second-order valence-electron chi connectivity index (χ2n) is 5.56. The zero-order valence-corrected chi connectivity index (χ0v) is 12.8. The van der Waals surface area contributed by atoms with Gasteiger partial charge in [0.15, 0.2) is 5.78 Å². The van der Waals surface area contributed by atoms with E-state index in [2.05, 4.69) is 15.4 Å². The van der Waals surface area contributed by atoms with Gasteiger partial charge < -0.3 is 15.4 Å². The number of nitro benzene ring substituents is 1. The topological polar surface area (TPSA) is 111 Å². The number of hydrogen-bond acceptors (Lipinski definition) is 5. The van der Waals surface area contributed by atoms with Crippen molar-refractivity contribution >= 4 is 17.5 Å². The molecule has 1 atom stereocenters. The largest absolute Gasteiger partial charge is 0.434 e. The number of non-ortho nitro benzene ring substituents is 1. The molecule has 1 aromatic carbocycles. The first-order valence-electron chi connectivity index (χ1n) is 7.43. The predicted octanol–water partition coefficient (Wildman–Crippen LogP) is 2.56. The van der Waals surface area contributed by atoms with Gasteiger partial charge in [-0.3, -0.25) is 14.9 Å². The van der Waals surface area contributed by atoms with Crippen LogP contribution in [0.25, 0.3) is 0 Å². The second-order valence-corrected chi connectivity index (χ2v) is 5.56. The molecule has 0 radical (unpaired) electrons. The molecular weight excluding hydrogens is 340 g/mol. The predicted molar refractivity (Wildman–Crippen MR) is 80.0 cm³/mol. The number of nitro groups is 1. The van der Waals surface area contributed by atoms with Crippen LogP contribution >= 0.6 is 0 Å². The van der Waals surface area contributed by atoms with Crippen LogP contribution in [0.15, 0.2) is 29.5 Å². The Bertz CT molecular complexity index is 793. The molecule has 0 saturated heterocycles. The van der Waals surface area contributed by atoms with Crippen molar-refractivity contribution in [2.45, 2.75) is 31.9 Å². The number of hydrogen-bond donors (Lipinski definition) is 2. The van der Waals surface area contributed by atoms with Crippen LogP contribution in [-0.2, 0) is 4.79 Å². The van der Waals surface area contributed by atoms with E-state index in [1.807, 2.05) is 0 Å². The lowest BCUT2D eigenvalue weighted by Gasteiger charge is -2.32. The second kappa shape index (κ2) is 6.46. The lowest BCUT2D eigenvalue weighted by Crippen LogP contribution is -2.46. The molecule has 25 heavy (non-hydrogen) atoms. The molecule has 0 fully saturated rings. The highest BCUT2D eigenvalue weighted by Gasteiger charge is 2.36. The third-order valence-corrected chi connectivity index (χ3v) is 4.02. The van der Waals surface area contributed by atoms with Crippen LogP contribution in [0.4, 0.5) is 19.3 Å². The number of benzene rings is 1. The van der Waals surface area contributed by atoms with Crippen molar-refractivity contribution in [1.29, 1.82) is 0 Å². The third-order valence-electron chi connectivity index (χ3n) is 4.02. The number of nitrogens with zero attached hydrogens (tertiary/aromatic N) is 1. The summed E-state index contributed by atoms with van der Waals surface area (Å²) in [5, 5.41) is 16.0. The van der Waals surface area contributed by atoms with Gasteiger partial charge in [-0.1, -0.05) is 0 Å². The Hall–Kier alpha value is -3.04. The maximum atomic E-state index is 12.7. The van der Waals surface area contributed by atoms with Gasteiger partial charge in [0, 0.05) is 35.4 Å². The number of rotatable bonds is 4. The molecule has 0 saturated carbocycles. The summed E-state index contributed by atoms with van der Waals surface area (Å²) in [7, 11) is 0. The molecular formula is C15H13F2N3O5. The van der Waals surface area contributed by atoms with Gasteiger partial charge in [0.05, 0.1) is 11.0 Å². The number of amides is 2. The van der Waals surface area contributed by atoms with Crippen LogP contribution in [0.5, 0.6) is 5.75 Å². The normalized spacial score (nSPS) is 20.0. The van der Waals surface area contributed by atoms with E-state index in [0.717, 1.165) is 18.2 Å². The molecule has 2 aliphatic rings. The summed E-state index contributed by atoms with van der Waals surface area (Å²) in [6.45, 7) is -3.16. The van der Waals surface area contributed by atoms with Gasteiger partial charge in [-0.05, 0) is 18.9 Å². The molecule has 3 rings (SSSR count). The summed E-state index contributed by atoms with van der Waals surface area (Å²) in [6.07, 6.45) is 1.25. The van der Waals surface area contributed by atoms with Crippen molar-refractivity contribution < 1.29 is 28.0 Å². The van der Waals surface area contributed by atoms with Gasteiger partial charge in [-0.15, -0.1) is 0 Å². The Labute approximate surface area is 140 Å². The van der Waals surface area contributed by atoms with Crippen molar-refractivity contribution in [2.24, 2.45) is 0 Å². The number of carbonyl (C=O) groups is 2. The fraction of sp³-hybridized carbons (Fsp3) is 0.333. The minimum absolute atomic E-state index is 0.0629. The van der Waals surface area contributed by atoms with Crippen molar-refractivity contribution in [3.8, 4) is 5.75 Å². The Morgan fingerprint density at radius 2 is 2.04 bits per heavy atom. The smallest absolute Gasteiger partial charge is 0.387 e. The van der Waals surface area contributed by atoms with E-state index < -0.39 is 23.6 Å². The molecule has 8 nitrogen and oxygen atoms in total. The van der Waals surface area contributed by atoms with Crippen LogP contribution < -0.4 is 15.4 Å². The molecule has 1 heterocycles. The number of allylic oxidation sites excluding steroid dienone is 1. The minimum Gasteiger partial charge on any atom is -0.434 e. The number of halogens is 2. The van der Waals surface area contributed by atoms with Gasteiger partial charge in [0.25, 0.3) is 5.69 Å². The molecule has 1 aromatic rings. The number of ketones is 1. The Kier molecular flexibility index (Phi) is 4.34. The maximum absolute atomic E-state index is 12.7. The van der Waals surface area contributed by atoms with Crippen molar-refractivity contribution in [3.05, 3.63) is 45.1 Å². The van der Waals surface area contributed by atoms with Gasteiger partial charge >= 0.3 is 12.6 Å². The molecule has 1 aliphatic heterocycles. The lowest BCUT2D eigenvalue weighted by atomic mass is 9.85. The zero-order valence-electron chi connectivity index (χ0n) is 12.8. The van der Waals surface area contributed by atoms with E-state index in [1.165, 1.54) is 0 Å². The van der Waals surface area contributed by atoms with Crippen molar-refractivity contribution in [3.63, 3.8) is 0 Å². The van der Waals surface area contributed by atoms with Crippen LogP contribution in [0.2, 0.25) is 0 Å². The highest BCUT2D eigenvalue weighted by Crippen LogP contribution is 2.39. The van der Waals surface area contributed by atoms with E-state index in [1.54, 1.807) is 0 Å². The summed E-state index contributed by atoms with van der Waals surface area (Å²) >= 11 is 0. The summed E-state index contributed by atoms with van der Waals surface area (Å²) in [6, 6.07) is 1.36. The summed E-state index contributed by atoms with van der Waals surface area (Å²) < 4.78 is 29.8. The third kappa shape index (κ3) is 3.28. The highest BCUT2D eigenvalue weighted by molar-refractivity contribution is 6.01. The number of urea groups is 1. The maximum Gasteiger partial charge on any atom is 0.387 e. The SMILES string of the molecule is O=C1NC2=C(C(=O)CCC2)[C@@H](c2cc([N+](=O)[O-])ccc2OC(F)F)N1. The molecule has 0 spiro atoms. The average molecular weight is 353 g/mol. The molecule has 2 amide bonds. The van der Waals surface area contributed by atoms with Gasteiger partial charge in [0.2, 0.25) is 0 Å². The monoisotopic (exact) mass is 353 g/mol. The number of alkyl halides is 2. The van der Waals surface area contributed by atoms with Crippen molar-refractivity contribution in [1.82, 2.24) is 10.6 Å². The summed E-state index contributed by atoms with van der Waals surface area (Å²) in [5.74, 6) is -0.591. The van der Waals surface area contributed by atoms with E-state index >= 15 is 0 Å². The zero-order chi connectivity index (χ0) is 18.1. The number of ether oxygens (including phenoxy) is 1. The summed E-state index contributed by atoms with van der Waals surface area (Å²) in [4.78, 5) is 34.5. The molecule has 0 bridgehead atoms. The van der Waals surface area contributed by atoms with Crippen molar-refractivity contribution in [2.75, 3.05) is 0 Å². The molecule has 1 aliphatic carbocycles. The van der Waals surface area contributed by atoms with Crippen LogP contribution in [0.3, 0.4) is 0 Å². The molecule has 2 N–H and O–H groups in total. The summed E-state index contributed by atoms with van der Waals surface area (Å²) in [5.41, 5.74) is 0.187. The van der Waals surface area contributed by atoms with E-state index in [-0.39, 0.29) is 34.8 Å². The first-order chi connectivity index (χ1) is 11.9. The van der Waals surface area contributed by atoms with Gasteiger partial charge in [-0.25, -0.2) is 4.79 Å². The Morgan fingerprint density at radius 3 is 2.72 bits per heavy atom. The minimum atomic E-state index is -3.16. The van der Waals surface area contributed by atoms with E-state index in [9.17, 15) is 28.5 Å². The average Bonchev–Trinajstić information content (AvgIpc) is 2.53. The lowest BCUT2D eigenvalue weighted by molar-refractivity contribution is -0.385. The fourth-order valence-electron chi connectivity index (χ4n) is 3.02. The Morgan fingerprint density at radius 1 is 1.28 bits per heavy atom. The molecule has 0 unspecified atom stereocenters. The number of nitrogens with one attached hydrogen (secondary N) is 2. The Balaban J connectivity index is 2.14. The van der Waals surface area contributed by atoms with Gasteiger partial charge in [-0.2, -0.15) is 8.78 Å². The molecule has 0 aromatic heterocycles. The van der Waals surface area contributed by atoms with Crippen LogP contribution in [-0.4, -0.2) is 23.3 Å². The standard InChI is InChI=1S/C15H13F2N3O5/c16-14(17)25-11-5-4-7(20(23)24)6-8(11)13-12-9(18-15(22)19-13)2-1-3-10(12)21/h4-6,13-14H,1-3H2,(H2,18,19,22)/t13-/m1/s1. The fourth-order valence-corrected chi connectivity index (χ4v) is 3.02. The van der Waals surface area contributed by atoms with Gasteiger partial charge in [0.1, 0.15) is 5.75 Å². The number of carbonyl (C=O) groups excluding carboxylic acids is 2. The molecule has 132 valence electrons. The van der Waals surface area contributed by atoms with E-state index in [0.29, 0.717) is 18.5 Å². The van der Waals surface area contributed by atoms with Crippen LogP contribution in [0.1, 0.15) is 30.9 Å². The highest BCUT2D eigenvalue weighted by atomic mass is 19.3. The van der Waals surface area contributed by atoms with E-state index in [4.69, 9.17) is 0 Å². The van der Waals surface area contributed by atoms with Crippen LogP contribution in [0, 0.1) is 10.1 Å². The first-order valence-corrected chi connectivity index (χ1v) is 7.43.